The molecule has 0 aliphatic heterocycles. The zero-order chi connectivity index (χ0) is 9.16. The van der Waals surface area contributed by atoms with E-state index in [-0.39, 0.29) is 16.1 Å². The molecule has 3 aliphatic rings. The van der Waals surface area contributed by atoms with Crippen molar-refractivity contribution in [3.8, 4) is 0 Å². The van der Waals surface area contributed by atoms with Crippen LogP contribution in [0, 0.1) is 23.7 Å². The van der Waals surface area contributed by atoms with Gasteiger partial charge in [-0.15, -0.1) is 34.8 Å². The Hall–Kier alpha value is 0.610. The first-order valence-electron chi connectivity index (χ1n) is 4.80. The number of halogens is 3. The predicted octanol–water partition coefficient (Wildman–Crippen LogP) is 3.26. The van der Waals surface area contributed by atoms with Crippen LogP contribution in [0.15, 0.2) is 12.2 Å². The first kappa shape index (κ1) is 8.88. The molecule has 3 rings (SSSR count). The van der Waals surface area contributed by atoms with Gasteiger partial charge >= 0.3 is 0 Å². The number of alkyl halides is 3. The van der Waals surface area contributed by atoms with E-state index in [1.54, 1.807) is 0 Å². The lowest BCUT2D eigenvalue weighted by atomic mass is 9.86. The molecular weight excluding hydrogens is 226 g/mol. The summed E-state index contributed by atoms with van der Waals surface area (Å²) in [6, 6.07) is 0. The minimum Gasteiger partial charge on any atom is -0.121 e. The zero-order valence-corrected chi connectivity index (χ0v) is 9.30. The fraction of sp³-hybridized carbons (Fsp3) is 0.800. The lowest BCUT2D eigenvalue weighted by Crippen LogP contribution is -2.22. The van der Waals surface area contributed by atoms with Gasteiger partial charge in [-0.1, -0.05) is 12.2 Å². The van der Waals surface area contributed by atoms with Crippen LogP contribution in [0.3, 0.4) is 0 Å². The van der Waals surface area contributed by atoms with Gasteiger partial charge in [0.25, 0.3) is 0 Å². The van der Waals surface area contributed by atoms with Crippen molar-refractivity contribution in [2.45, 2.75) is 22.6 Å². The molecule has 0 amide bonds. The van der Waals surface area contributed by atoms with Crippen LogP contribution in [0.4, 0.5) is 0 Å². The van der Waals surface area contributed by atoms with Crippen molar-refractivity contribution in [1.82, 2.24) is 0 Å². The van der Waals surface area contributed by atoms with E-state index in [1.807, 2.05) is 0 Å². The molecule has 0 nitrogen and oxygen atoms in total. The van der Waals surface area contributed by atoms with Crippen molar-refractivity contribution in [3.05, 3.63) is 12.2 Å². The second-order valence-corrected chi connectivity index (χ2v) is 5.95. The van der Waals surface area contributed by atoms with Crippen molar-refractivity contribution in [2.24, 2.45) is 23.7 Å². The minimum absolute atomic E-state index is 0.0384. The SMILES string of the molecule is ClC1C(Cl)C2C3C=CC(C3)C2C1Cl. The van der Waals surface area contributed by atoms with E-state index in [2.05, 4.69) is 12.2 Å². The molecule has 3 heteroatoms. The third kappa shape index (κ3) is 1.00. The normalized spacial score (nSPS) is 63.2. The fourth-order valence-corrected chi connectivity index (χ4v) is 4.83. The van der Waals surface area contributed by atoms with Crippen LogP contribution in [-0.4, -0.2) is 16.1 Å². The monoisotopic (exact) mass is 236 g/mol. The number of hydrogen-bond acceptors (Lipinski definition) is 0. The molecule has 0 aromatic carbocycles. The summed E-state index contributed by atoms with van der Waals surface area (Å²) in [6.45, 7) is 0. The van der Waals surface area contributed by atoms with E-state index in [4.69, 9.17) is 34.8 Å². The highest BCUT2D eigenvalue weighted by Gasteiger charge is 2.58. The molecule has 2 fully saturated rings. The molecule has 0 aromatic heterocycles. The molecule has 6 atom stereocenters. The number of hydrogen-bond donors (Lipinski definition) is 0. The van der Waals surface area contributed by atoms with Gasteiger partial charge in [-0.3, -0.25) is 0 Å². The largest absolute Gasteiger partial charge is 0.121 e. The van der Waals surface area contributed by atoms with E-state index in [9.17, 15) is 0 Å². The smallest absolute Gasteiger partial charge is 0.0669 e. The van der Waals surface area contributed by atoms with Gasteiger partial charge in [0, 0.05) is 0 Å². The van der Waals surface area contributed by atoms with Crippen LogP contribution in [0.2, 0.25) is 0 Å². The van der Waals surface area contributed by atoms with Gasteiger partial charge in [0.1, 0.15) is 0 Å². The lowest BCUT2D eigenvalue weighted by Gasteiger charge is -2.23. The van der Waals surface area contributed by atoms with Crippen LogP contribution in [0.1, 0.15) is 6.42 Å². The van der Waals surface area contributed by atoms with Gasteiger partial charge in [-0.2, -0.15) is 0 Å². The average molecular weight is 238 g/mol. The van der Waals surface area contributed by atoms with Gasteiger partial charge in [-0.25, -0.2) is 0 Å². The van der Waals surface area contributed by atoms with Crippen molar-refractivity contribution >= 4 is 34.8 Å². The van der Waals surface area contributed by atoms with E-state index in [0.717, 1.165) is 0 Å². The lowest BCUT2D eigenvalue weighted by molar-refractivity contribution is 0.370. The second-order valence-electron chi connectivity index (χ2n) is 4.44. The molecule has 72 valence electrons. The quantitative estimate of drug-likeness (QED) is 0.448. The van der Waals surface area contributed by atoms with Gasteiger partial charge in [0.2, 0.25) is 0 Å². The molecule has 6 unspecified atom stereocenters. The Morgan fingerprint density at radius 1 is 0.769 bits per heavy atom. The Bertz CT molecular complexity index is 239. The maximum Gasteiger partial charge on any atom is 0.0669 e. The molecule has 3 aliphatic carbocycles. The Morgan fingerprint density at radius 3 is 1.69 bits per heavy atom. The first-order valence-corrected chi connectivity index (χ1v) is 6.11. The second kappa shape index (κ2) is 2.81. The number of rotatable bonds is 0. The van der Waals surface area contributed by atoms with Gasteiger partial charge in [0.05, 0.1) is 16.1 Å². The van der Waals surface area contributed by atoms with Crippen molar-refractivity contribution in [3.63, 3.8) is 0 Å². The summed E-state index contributed by atoms with van der Waals surface area (Å²) in [5.74, 6) is 2.40. The highest BCUT2D eigenvalue weighted by molar-refractivity contribution is 6.36. The predicted molar refractivity (Wildman–Crippen MR) is 56.6 cm³/mol. The molecule has 0 N–H and O–H groups in total. The minimum atomic E-state index is -0.0384. The summed E-state index contributed by atoms with van der Waals surface area (Å²) in [5, 5.41) is 0.117. The van der Waals surface area contributed by atoms with E-state index < -0.39 is 0 Å². The Kier molecular flexibility index (Phi) is 1.92. The Balaban J connectivity index is 1.98. The fourth-order valence-electron chi connectivity index (χ4n) is 3.40. The van der Waals surface area contributed by atoms with E-state index in [0.29, 0.717) is 23.7 Å². The maximum atomic E-state index is 6.30. The molecule has 0 aromatic rings. The molecule has 0 spiro atoms. The van der Waals surface area contributed by atoms with Crippen LogP contribution in [0.5, 0.6) is 0 Å². The molecule has 0 saturated heterocycles. The van der Waals surface area contributed by atoms with Gasteiger partial charge in [0.15, 0.2) is 0 Å². The first-order chi connectivity index (χ1) is 6.20. The topological polar surface area (TPSA) is 0 Å². The molecule has 2 saturated carbocycles. The third-order valence-corrected chi connectivity index (χ3v) is 5.85. The molecule has 13 heavy (non-hydrogen) atoms. The van der Waals surface area contributed by atoms with Crippen molar-refractivity contribution in [2.75, 3.05) is 0 Å². The Morgan fingerprint density at radius 2 is 1.23 bits per heavy atom. The van der Waals surface area contributed by atoms with Crippen LogP contribution in [0.25, 0.3) is 0 Å². The molecule has 0 heterocycles. The van der Waals surface area contributed by atoms with Gasteiger partial charge in [-0.05, 0) is 30.1 Å². The van der Waals surface area contributed by atoms with Crippen molar-refractivity contribution in [1.29, 1.82) is 0 Å². The molecular formula is C10H11Cl3. The number of fused-ring (bicyclic) bond motifs is 5. The number of allylic oxidation sites excluding steroid dienone is 2. The summed E-state index contributed by atoms with van der Waals surface area (Å²) >= 11 is 18.8. The van der Waals surface area contributed by atoms with Crippen molar-refractivity contribution < 1.29 is 0 Å². The summed E-state index contributed by atoms with van der Waals surface area (Å²) in [4.78, 5) is 0. The average Bonchev–Trinajstić information content (AvgIpc) is 2.76. The highest BCUT2D eigenvalue weighted by atomic mass is 35.5. The standard InChI is InChI=1S/C10H11Cl3/c11-8-6-4-1-2-5(3-4)7(6)9(12)10(8)13/h1-2,4-10H,3H2. The van der Waals surface area contributed by atoms with E-state index in [1.165, 1.54) is 6.42 Å². The molecule has 2 bridgehead atoms. The summed E-state index contributed by atoms with van der Waals surface area (Å²) in [7, 11) is 0. The summed E-state index contributed by atoms with van der Waals surface area (Å²) < 4.78 is 0. The zero-order valence-electron chi connectivity index (χ0n) is 7.04. The van der Waals surface area contributed by atoms with Gasteiger partial charge < -0.3 is 0 Å². The van der Waals surface area contributed by atoms with Crippen LogP contribution >= 0.6 is 34.8 Å². The summed E-state index contributed by atoms with van der Waals surface area (Å²) in [6.07, 6.45) is 5.87. The summed E-state index contributed by atoms with van der Waals surface area (Å²) in [5.41, 5.74) is 0. The van der Waals surface area contributed by atoms with Crippen LogP contribution in [-0.2, 0) is 0 Å². The van der Waals surface area contributed by atoms with Crippen LogP contribution < -0.4 is 0 Å². The van der Waals surface area contributed by atoms with E-state index >= 15 is 0 Å². The highest BCUT2D eigenvalue weighted by Crippen LogP contribution is 2.59. The maximum absolute atomic E-state index is 6.30. The molecule has 0 radical (unpaired) electrons. The third-order valence-electron chi connectivity index (χ3n) is 3.93. The Labute approximate surface area is 93.2 Å².